The molecule has 2 atom stereocenters. The van der Waals surface area contributed by atoms with Crippen LogP contribution in [0.3, 0.4) is 0 Å². The third kappa shape index (κ3) is 2.72. The van der Waals surface area contributed by atoms with Gasteiger partial charge in [0.2, 0.25) is 0 Å². The first-order valence-corrected chi connectivity index (χ1v) is 7.14. The van der Waals surface area contributed by atoms with Crippen LogP contribution >= 0.6 is 15.9 Å². The Morgan fingerprint density at radius 2 is 2.00 bits per heavy atom. The quantitative estimate of drug-likeness (QED) is 0.928. The van der Waals surface area contributed by atoms with Crippen LogP contribution in [0.2, 0.25) is 0 Å². The molecular formula is C14H21BrN2. The predicted octanol–water partition coefficient (Wildman–Crippen LogP) is 3.18. The molecule has 1 fully saturated rings. The number of likely N-dealkylation sites (tertiary alicyclic amines) is 1. The van der Waals surface area contributed by atoms with Crippen LogP contribution in [-0.2, 0) is 0 Å². The van der Waals surface area contributed by atoms with Crippen molar-refractivity contribution in [1.82, 2.24) is 4.90 Å². The molecule has 0 aliphatic carbocycles. The summed E-state index contributed by atoms with van der Waals surface area (Å²) >= 11 is 3.49. The van der Waals surface area contributed by atoms with E-state index in [9.17, 15) is 0 Å². The molecule has 1 saturated heterocycles. The molecule has 94 valence electrons. The van der Waals surface area contributed by atoms with Gasteiger partial charge in [-0.3, -0.25) is 4.90 Å². The van der Waals surface area contributed by atoms with Gasteiger partial charge in [0.1, 0.15) is 0 Å². The highest BCUT2D eigenvalue weighted by Crippen LogP contribution is 2.38. The first kappa shape index (κ1) is 13.1. The van der Waals surface area contributed by atoms with Crippen molar-refractivity contribution in [3.8, 4) is 0 Å². The zero-order valence-corrected chi connectivity index (χ0v) is 12.2. The van der Waals surface area contributed by atoms with E-state index in [1.54, 1.807) is 0 Å². The average Bonchev–Trinajstić information content (AvgIpc) is 2.73. The second-order valence-electron chi connectivity index (χ2n) is 5.11. The molecule has 3 heteroatoms. The number of nitrogens with zero attached hydrogens (tertiary/aromatic N) is 1. The summed E-state index contributed by atoms with van der Waals surface area (Å²) in [6.45, 7) is 6.49. The van der Waals surface area contributed by atoms with Gasteiger partial charge in [-0.2, -0.15) is 0 Å². The van der Waals surface area contributed by atoms with E-state index in [1.165, 1.54) is 18.5 Å². The Hall–Kier alpha value is -0.380. The maximum absolute atomic E-state index is 5.92. The second-order valence-corrected chi connectivity index (χ2v) is 6.03. The lowest BCUT2D eigenvalue weighted by atomic mass is 9.93. The minimum Gasteiger partial charge on any atom is -0.330 e. The molecule has 0 spiro atoms. The van der Waals surface area contributed by atoms with Crippen LogP contribution in [0.25, 0.3) is 0 Å². The van der Waals surface area contributed by atoms with Gasteiger partial charge >= 0.3 is 0 Å². The van der Waals surface area contributed by atoms with E-state index < -0.39 is 0 Å². The minimum atomic E-state index is 0.494. The zero-order valence-electron chi connectivity index (χ0n) is 10.6. The molecule has 2 N–H and O–H groups in total. The summed E-state index contributed by atoms with van der Waals surface area (Å²) in [5.74, 6) is 0.596. The van der Waals surface area contributed by atoms with E-state index in [4.69, 9.17) is 5.73 Å². The van der Waals surface area contributed by atoms with Gasteiger partial charge in [0.25, 0.3) is 0 Å². The van der Waals surface area contributed by atoms with Crippen LogP contribution in [0.5, 0.6) is 0 Å². The number of benzene rings is 1. The topological polar surface area (TPSA) is 29.3 Å². The molecule has 0 aromatic heterocycles. The SMILES string of the molecule is CC(C)N1CCC(CN)C1c1ccc(Br)cc1. The molecule has 1 aliphatic rings. The fourth-order valence-electron chi connectivity index (χ4n) is 2.83. The molecule has 1 aromatic rings. The smallest absolute Gasteiger partial charge is 0.0391 e. The highest BCUT2D eigenvalue weighted by molar-refractivity contribution is 9.10. The first-order valence-electron chi connectivity index (χ1n) is 6.34. The standard InChI is InChI=1S/C14H21BrN2/c1-10(2)17-8-7-12(9-16)14(17)11-3-5-13(15)6-4-11/h3-6,10,12,14H,7-9,16H2,1-2H3. The maximum Gasteiger partial charge on any atom is 0.0391 e. The van der Waals surface area contributed by atoms with Crippen molar-refractivity contribution in [2.24, 2.45) is 11.7 Å². The Balaban J connectivity index is 2.27. The molecule has 0 amide bonds. The van der Waals surface area contributed by atoms with Crippen molar-refractivity contribution in [2.45, 2.75) is 32.4 Å². The molecule has 2 nitrogen and oxygen atoms in total. The number of rotatable bonds is 3. The Morgan fingerprint density at radius 1 is 1.35 bits per heavy atom. The van der Waals surface area contributed by atoms with Gasteiger partial charge < -0.3 is 5.73 Å². The van der Waals surface area contributed by atoms with Gasteiger partial charge in [-0.15, -0.1) is 0 Å². The maximum atomic E-state index is 5.92. The van der Waals surface area contributed by atoms with Crippen molar-refractivity contribution >= 4 is 15.9 Å². The summed E-state index contributed by atoms with van der Waals surface area (Å²) < 4.78 is 1.14. The van der Waals surface area contributed by atoms with Crippen LogP contribution < -0.4 is 5.73 Å². The summed E-state index contributed by atoms with van der Waals surface area (Å²) in [6.07, 6.45) is 1.22. The largest absolute Gasteiger partial charge is 0.330 e. The lowest BCUT2D eigenvalue weighted by Crippen LogP contribution is -2.33. The zero-order chi connectivity index (χ0) is 12.4. The number of hydrogen-bond donors (Lipinski definition) is 1. The molecule has 2 rings (SSSR count). The average molecular weight is 297 g/mol. The van der Waals surface area contributed by atoms with Gasteiger partial charge in [0, 0.05) is 16.6 Å². The second kappa shape index (κ2) is 5.51. The van der Waals surface area contributed by atoms with E-state index in [0.29, 0.717) is 18.0 Å². The van der Waals surface area contributed by atoms with Crippen molar-refractivity contribution in [1.29, 1.82) is 0 Å². The number of nitrogens with two attached hydrogens (primary N) is 1. The van der Waals surface area contributed by atoms with Gasteiger partial charge in [0.05, 0.1) is 0 Å². The number of hydrogen-bond acceptors (Lipinski definition) is 2. The molecular weight excluding hydrogens is 276 g/mol. The van der Waals surface area contributed by atoms with Gasteiger partial charge in [-0.1, -0.05) is 28.1 Å². The van der Waals surface area contributed by atoms with Crippen molar-refractivity contribution in [3.63, 3.8) is 0 Å². The minimum absolute atomic E-state index is 0.494. The van der Waals surface area contributed by atoms with E-state index in [1.807, 2.05) is 0 Å². The van der Waals surface area contributed by atoms with Crippen LogP contribution in [-0.4, -0.2) is 24.0 Å². The molecule has 17 heavy (non-hydrogen) atoms. The third-order valence-electron chi connectivity index (χ3n) is 3.74. The fraction of sp³-hybridized carbons (Fsp3) is 0.571. The predicted molar refractivity (Wildman–Crippen MR) is 75.9 cm³/mol. The first-order chi connectivity index (χ1) is 8.13. The lowest BCUT2D eigenvalue weighted by molar-refractivity contribution is 0.184. The Bertz CT molecular complexity index is 361. The molecule has 0 saturated carbocycles. The van der Waals surface area contributed by atoms with Gasteiger partial charge in [-0.25, -0.2) is 0 Å². The molecule has 0 radical (unpaired) electrons. The van der Waals surface area contributed by atoms with E-state index in [2.05, 4.69) is 58.9 Å². The summed E-state index contributed by atoms with van der Waals surface area (Å²) in [5.41, 5.74) is 7.32. The van der Waals surface area contributed by atoms with Crippen LogP contribution in [0, 0.1) is 5.92 Å². The van der Waals surface area contributed by atoms with Gasteiger partial charge in [0.15, 0.2) is 0 Å². The van der Waals surface area contributed by atoms with Gasteiger partial charge in [-0.05, 0) is 57.0 Å². The highest BCUT2D eigenvalue weighted by Gasteiger charge is 2.35. The lowest BCUT2D eigenvalue weighted by Gasteiger charge is -2.31. The summed E-state index contributed by atoms with van der Waals surface area (Å²) in [7, 11) is 0. The Morgan fingerprint density at radius 3 is 2.53 bits per heavy atom. The summed E-state index contributed by atoms with van der Waals surface area (Å²) in [4.78, 5) is 2.57. The summed E-state index contributed by atoms with van der Waals surface area (Å²) in [6, 6.07) is 9.77. The highest BCUT2D eigenvalue weighted by atomic mass is 79.9. The third-order valence-corrected chi connectivity index (χ3v) is 4.27. The van der Waals surface area contributed by atoms with E-state index in [0.717, 1.165) is 11.0 Å². The number of halogens is 1. The molecule has 1 aromatic carbocycles. The van der Waals surface area contributed by atoms with Crippen molar-refractivity contribution in [3.05, 3.63) is 34.3 Å². The van der Waals surface area contributed by atoms with E-state index >= 15 is 0 Å². The fourth-order valence-corrected chi connectivity index (χ4v) is 3.10. The normalized spacial score (nSPS) is 25.7. The van der Waals surface area contributed by atoms with Crippen LogP contribution in [0.15, 0.2) is 28.7 Å². The molecule has 0 bridgehead atoms. The van der Waals surface area contributed by atoms with E-state index in [-0.39, 0.29) is 0 Å². The Kier molecular flexibility index (Phi) is 4.23. The van der Waals surface area contributed by atoms with Crippen molar-refractivity contribution < 1.29 is 0 Å². The monoisotopic (exact) mass is 296 g/mol. The van der Waals surface area contributed by atoms with Crippen LogP contribution in [0.1, 0.15) is 31.9 Å². The molecule has 2 unspecified atom stereocenters. The summed E-state index contributed by atoms with van der Waals surface area (Å²) in [5, 5.41) is 0. The molecule has 1 aliphatic heterocycles. The Labute approximate surface area is 112 Å². The van der Waals surface area contributed by atoms with Crippen LogP contribution in [0.4, 0.5) is 0 Å². The molecule has 1 heterocycles. The van der Waals surface area contributed by atoms with Crippen molar-refractivity contribution in [2.75, 3.05) is 13.1 Å².